The standard InChI is InChI=1S/C9H11Br2NO2/c1-9(5-10,6-11)12-8(13)7-2-3-14-4-7/h2-4H,5-6H2,1H3,(H,12,13). The van der Waals surface area contributed by atoms with Crippen LogP contribution in [0.4, 0.5) is 0 Å². The van der Waals surface area contributed by atoms with Gasteiger partial charge in [0.25, 0.3) is 5.91 Å². The Balaban J connectivity index is 2.65. The van der Waals surface area contributed by atoms with Crippen LogP contribution in [0.25, 0.3) is 0 Å². The molecule has 0 aliphatic heterocycles. The van der Waals surface area contributed by atoms with Crippen molar-refractivity contribution in [3.05, 3.63) is 24.2 Å². The summed E-state index contributed by atoms with van der Waals surface area (Å²) >= 11 is 6.71. The summed E-state index contributed by atoms with van der Waals surface area (Å²) in [5.74, 6) is -0.125. The molecular formula is C9H11Br2NO2. The fourth-order valence-electron chi connectivity index (χ4n) is 0.842. The molecule has 1 amide bonds. The summed E-state index contributed by atoms with van der Waals surface area (Å²) in [6, 6.07) is 1.64. The number of amides is 1. The Morgan fingerprint density at radius 2 is 2.21 bits per heavy atom. The van der Waals surface area contributed by atoms with Crippen molar-refractivity contribution in [2.24, 2.45) is 0 Å². The predicted molar refractivity (Wildman–Crippen MR) is 62.2 cm³/mol. The largest absolute Gasteiger partial charge is 0.472 e. The van der Waals surface area contributed by atoms with Crippen molar-refractivity contribution in [3.63, 3.8) is 0 Å². The zero-order chi connectivity index (χ0) is 10.6. The second-order valence-electron chi connectivity index (χ2n) is 3.29. The summed E-state index contributed by atoms with van der Waals surface area (Å²) in [5.41, 5.74) is 0.257. The number of halogens is 2. The van der Waals surface area contributed by atoms with Gasteiger partial charge in [0.1, 0.15) is 6.26 Å². The van der Waals surface area contributed by atoms with Crippen molar-refractivity contribution in [2.75, 3.05) is 10.7 Å². The lowest BCUT2D eigenvalue weighted by Crippen LogP contribution is -2.48. The number of carbonyl (C=O) groups excluding carboxylic acids is 1. The molecular weight excluding hydrogens is 314 g/mol. The summed E-state index contributed by atoms with van der Waals surface area (Å²) in [6.07, 6.45) is 2.91. The van der Waals surface area contributed by atoms with Gasteiger partial charge in [-0.05, 0) is 13.0 Å². The lowest BCUT2D eigenvalue weighted by Gasteiger charge is -2.25. The normalized spacial score (nSPS) is 11.4. The SMILES string of the molecule is CC(CBr)(CBr)NC(=O)c1ccoc1. The van der Waals surface area contributed by atoms with E-state index in [-0.39, 0.29) is 11.4 Å². The van der Waals surface area contributed by atoms with Crippen molar-refractivity contribution in [1.82, 2.24) is 5.32 Å². The molecule has 0 bridgehead atoms. The summed E-state index contributed by atoms with van der Waals surface area (Å²) in [7, 11) is 0. The number of nitrogens with one attached hydrogen (secondary N) is 1. The van der Waals surface area contributed by atoms with E-state index in [2.05, 4.69) is 37.2 Å². The van der Waals surface area contributed by atoms with Gasteiger partial charge in [0, 0.05) is 10.7 Å². The molecule has 3 nitrogen and oxygen atoms in total. The molecule has 78 valence electrons. The Morgan fingerprint density at radius 3 is 2.64 bits per heavy atom. The summed E-state index contributed by atoms with van der Waals surface area (Å²) in [6.45, 7) is 1.95. The minimum Gasteiger partial charge on any atom is -0.472 e. The molecule has 0 saturated carbocycles. The fourth-order valence-corrected chi connectivity index (χ4v) is 2.05. The molecule has 1 rings (SSSR count). The molecule has 0 saturated heterocycles. The second kappa shape index (κ2) is 4.98. The van der Waals surface area contributed by atoms with Gasteiger partial charge in [0.05, 0.1) is 17.4 Å². The fraction of sp³-hybridized carbons (Fsp3) is 0.444. The van der Waals surface area contributed by atoms with Crippen LogP contribution < -0.4 is 5.32 Å². The Hall–Kier alpha value is -0.290. The van der Waals surface area contributed by atoms with Crippen LogP contribution in [0.5, 0.6) is 0 Å². The number of furan rings is 1. The van der Waals surface area contributed by atoms with Crippen LogP contribution in [0, 0.1) is 0 Å². The maximum atomic E-state index is 11.6. The third-order valence-electron chi connectivity index (χ3n) is 1.79. The smallest absolute Gasteiger partial charge is 0.255 e. The van der Waals surface area contributed by atoms with E-state index in [1.807, 2.05) is 6.92 Å². The molecule has 1 aromatic rings. The third kappa shape index (κ3) is 2.85. The van der Waals surface area contributed by atoms with Gasteiger partial charge >= 0.3 is 0 Å². The van der Waals surface area contributed by atoms with E-state index in [0.29, 0.717) is 16.2 Å². The first-order valence-electron chi connectivity index (χ1n) is 4.08. The highest BCUT2D eigenvalue weighted by Gasteiger charge is 2.24. The first kappa shape index (κ1) is 11.8. The number of carbonyl (C=O) groups is 1. The minimum absolute atomic E-state index is 0.125. The van der Waals surface area contributed by atoms with E-state index in [4.69, 9.17) is 4.42 Å². The highest BCUT2D eigenvalue weighted by Crippen LogP contribution is 2.12. The van der Waals surface area contributed by atoms with Gasteiger partial charge in [-0.2, -0.15) is 0 Å². The van der Waals surface area contributed by atoms with Crippen molar-refractivity contribution in [2.45, 2.75) is 12.5 Å². The van der Waals surface area contributed by atoms with Crippen molar-refractivity contribution < 1.29 is 9.21 Å². The quantitative estimate of drug-likeness (QED) is 0.865. The lowest BCUT2D eigenvalue weighted by atomic mass is 10.1. The van der Waals surface area contributed by atoms with Crippen LogP contribution in [0.15, 0.2) is 23.0 Å². The van der Waals surface area contributed by atoms with Crippen LogP contribution in [-0.2, 0) is 0 Å². The van der Waals surface area contributed by atoms with E-state index in [1.54, 1.807) is 6.07 Å². The molecule has 5 heteroatoms. The van der Waals surface area contributed by atoms with Crippen LogP contribution in [0.1, 0.15) is 17.3 Å². The van der Waals surface area contributed by atoms with E-state index in [0.717, 1.165) is 0 Å². The molecule has 0 aromatic carbocycles. The Kier molecular flexibility index (Phi) is 4.19. The van der Waals surface area contributed by atoms with Crippen molar-refractivity contribution in [1.29, 1.82) is 0 Å². The molecule has 1 N–H and O–H groups in total. The maximum absolute atomic E-state index is 11.6. The van der Waals surface area contributed by atoms with E-state index in [1.165, 1.54) is 12.5 Å². The predicted octanol–water partition coefficient (Wildman–Crippen LogP) is 2.56. The van der Waals surface area contributed by atoms with Gasteiger partial charge in [0.15, 0.2) is 0 Å². The zero-order valence-corrected chi connectivity index (χ0v) is 10.9. The molecule has 0 aliphatic rings. The molecule has 0 aliphatic carbocycles. The van der Waals surface area contributed by atoms with Gasteiger partial charge in [-0.25, -0.2) is 0 Å². The van der Waals surface area contributed by atoms with Gasteiger partial charge in [-0.3, -0.25) is 4.79 Å². The average Bonchev–Trinajstić information content (AvgIpc) is 2.70. The number of rotatable bonds is 4. The Labute approximate surface area is 99.5 Å². The number of alkyl halides is 2. The van der Waals surface area contributed by atoms with Gasteiger partial charge in [-0.15, -0.1) is 0 Å². The molecule has 0 unspecified atom stereocenters. The average molecular weight is 325 g/mol. The van der Waals surface area contributed by atoms with Crippen LogP contribution in [0.3, 0.4) is 0 Å². The Morgan fingerprint density at radius 1 is 1.57 bits per heavy atom. The van der Waals surface area contributed by atoms with Crippen molar-refractivity contribution >= 4 is 37.8 Å². The van der Waals surface area contributed by atoms with Gasteiger partial charge in [-0.1, -0.05) is 31.9 Å². The molecule has 0 spiro atoms. The third-order valence-corrected chi connectivity index (χ3v) is 4.26. The van der Waals surface area contributed by atoms with Crippen LogP contribution in [0.2, 0.25) is 0 Å². The highest BCUT2D eigenvalue weighted by atomic mass is 79.9. The first-order chi connectivity index (χ1) is 6.61. The second-order valence-corrected chi connectivity index (χ2v) is 4.42. The Bertz CT molecular complexity index is 294. The summed E-state index contributed by atoms with van der Waals surface area (Å²) < 4.78 is 4.83. The molecule has 0 atom stereocenters. The summed E-state index contributed by atoms with van der Waals surface area (Å²) in [4.78, 5) is 11.6. The lowest BCUT2D eigenvalue weighted by molar-refractivity contribution is 0.0922. The summed E-state index contributed by atoms with van der Waals surface area (Å²) in [5, 5.41) is 4.28. The van der Waals surface area contributed by atoms with Gasteiger partial charge < -0.3 is 9.73 Å². The number of hydrogen-bond acceptors (Lipinski definition) is 2. The van der Waals surface area contributed by atoms with Gasteiger partial charge in [0.2, 0.25) is 0 Å². The maximum Gasteiger partial charge on any atom is 0.255 e. The molecule has 1 heterocycles. The van der Waals surface area contributed by atoms with Crippen LogP contribution >= 0.6 is 31.9 Å². The molecule has 14 heavy (non-hydrogen) atoms. The zero-order valence-electron chi connectivity index (χ0n) is 7.72. The molecule has 0 fully saturated rings. The molecule has 0 radical (unpaired) electrons. The van der Waals surface area contributed by atoms with Crippen molar-refractivity contribution in [3.8, 4) is 0 Å². The van der Waals surface area contributed by atoms with E-state index < -0.39 is 0 Å². The van der Waals surface area contributed by atoms with E-state index in [9.17, 15) is 4.79 Å². The molecule has 1 aromatic heterocycles. The first-order valence-corrected chi connectivity index (χ1v) is 6.32. The number of hydrogen-bond donors (Lipinski definition) is 1. The monoisotopic (exact) mass is 323 g/mol. The topological polar surface area (TPSA) is 42.2 Å². The minimum atomic E-state index is -0.283. The highest BCUT2D eigenvalue weighted by molar-refractivity contribution is 9.09. The van der Waals surface area contributed by atoms with Crippen LogP contribution in [-0.4, -0.2) is 22.1 Å². The van der Waals surface area contributed by atoms with E-state index >= 15 is 0 Å².